The lowest BCUT2D eigenvalue weighted by atomic mass is 10.2. The van der Waals surface area contributed by atoms with Gasteiger partial charge < -0.3 is 9.47 Å². The number of ether oxygens (including phenoxy) is 2. The minimum absolute atomic E-state index is 0.0194. The van der Waals surface area contributed by atoms with Crippen molar-refractivity contribution in [2.75, 3.05) is 6.61 Å². The number of para-hydroxylation sites is 2. The van der Waals surface area contributed by atoms with E-state index in [-0.39, 0.29) is 24.7 Å². The van der Waals surface area contributed by atoms with E-state index in [4.69, 9.17) is 9.47 Å². The van der Waals surface area contributed by atoms with Crippen molar-refractivity contribution in [1.29, 1.82) is 5.26 Å². The molecule has 0 fully saturated rings. The fourth-order valence-electron chi connectivity index (χ4n) is 3.30. The molecule has 2 aromatic carbocycles. The Kier molecular flexibility index (Phi) is 5.99. The van der Waals surface area contributed by atoms with E-state index in [0.717, 1.165) is 11.4 Å². The van der Waals surface area contributed by atoms with Gasteiger partial charge in [0.05, 0.1) is 35.6 Å². The van der Waals surface area contributed by atoms with Gasteiger partial charge in [-0.05, 0) is 38.1 Å². The molecule has 0 N–H and O–H groups in total. The zero-order chi connectivity index (χ0) is 22.5. The Bertz CT molecular complexity index is 1270. The molecule has 4 aromatic rings. The number of esters is 1. The summed E-state index contributed by atoms with van der Waals surface area (Å²) in [4.78, 5) is 12.5. The Morgan fingerprint density at radius 1 is 1.03 bits per heavy atom. The summed E-state index contributed by atoms with van der Waals surface area (Å²) in [6, 6.07) is 21.1. The molecule has 2 aromatic heterocycles. The fourth-order valence-corrected chi connectivity index (χ4v) is 3.30. The third kappa shape index (κ3) is 4.09. The van der Waals surface area contributed by atoms with Crippen LogP contribution in [0.5, 0.6) is 5.75 Å². The number of carbonyl (C=O) groups excluding carboxylic acids is 1. The summed E-state index contributed by atoms with van der Waals surface area (Å²) in [7, 11) is 0. The van der Waals surface area contributed by atoms with Crippen molar-refractivity contribution in [3.05, 3.63) is 89.5 Å². The van der Waals surface area contributed by atoms with Gasteiger partial charge in [0.2, 0.25) is 5.69 Å². The molecule has 0 radical (unpaired) electrons. The van der Waals surface area contributed by atoms with Crippen molar-refractivity contribution in [1.82, 2.24) is 19.6 Å². The highest BCUT2D eigenvalue weighted by Crippen LogP contribution is 2.24. The first kappa shape index (κ1) is 20.9. The molecule has 0 saturated heterocycles. The molecule has 32 heavy (non-hydrogen) atoms. The van der Waals surface area contributed by atoms with Crippen molar-refractivity contribution in [3.8, 4) is 23.2 Å². The second-order valence-electron chi connectivity index (χ2n) is 6.90. The number of hydrogen-bond donors (Lipinski definition) is 0. The molecule has 0 saturated carbocycles. The van der Waals surface area contributed by atoms with Crippen LogP contribution >= 0.6 is 0 Å². The third-order valence-corrected chi connectivity index (χ3v) is 4.80. The Labute approximate surface area is 185 Å². The maximum absolute atomic E-state index is 12.5. The summed E-state index contributed by atoms with van der Waals surface area (Å²) in [5.74, 6) is -0.319. The molecule has 0 aliphatic carbocycles. The molecule has 2 heterocycles. The molecule has 8 nitrogen and oxygen atoms in total. The van der Waals surface area contributed by atoms with Gasteiger partial charge in [-0.15, -0.1) is 0 Å². The lowest BCUT2D eigenvalue weighted by Gasteiger charge is -2.09. The number of benzene rings is 2. The van der Waals surface area contributed by atoms with Crippen molar-refractivity contribution >= 4 is 5.97 Å². The van der Waals surface area contributed by atoms with Gasteiger partial charge in [-0.1, -0.05) is 36.4 Å². The predicted molar refractivity (Wildman–Crippen MR) is 117 cm³/mol. The van der Waals surface area contributed by atoms with Crippen molar-refractivity contribution < 1.29 is 14.3 Å². The largest absolute Gasteiger partial charge is 0.483 e. The molecule has 0 spiro atoms. The van der Waals surface area contributed by atoms with Crippen molar-refractivity contribution in [3.63, 3.8) is 0 Å². The number of hydrogen-bond acceptors (Lipinski definition) is 6. The molecule has 0 amide bonds. The summed E-state index contributed by atoms with van der Waals surface area (Å²) in [6.45, 7) is 3.74. The lowest BCUT2D eigenvalue weighted by molar-refractivity contribution is 0.0513. The van der Waals surface area contributed by atoms with Crippen LogP contribution in [-0.4, -0.2) is 32.1 Å². The van der Waals surface area contributed by atoms with Gasteiger partial charge >= 0.3 is 5.97 Å². The Balaban J connectivity index is 1.70. The van der Waals surface area contributed by atoms with Crippen LogP contribution in [0.2, 0.25) is 0 Å². The number of nitrogens with zero attached hydrogens (tertiary/aromatic N) is 5. The molecule has 0 aliphatic rings. The molecule has 8 heteroatoms. The van der Waals surface area contributed by atoms with Crippen LogP contribution < -0.4 is 4.74 Å². The fraction of sp³-hybridized carbons (Fsp3) is 0.167. The second kappa shape index (κ2) is 9.18. The average molecular weight is 427 g/mol. The van der Waals surface area contributed by atoms with E-state index in [0.29, 0.717) is 17.0 Å². The monoisotopic (exact) mass is 427 g/mol. The summed E-state index contributed by atoms with van der Waals surface area (Å²) < 4.78 is 14.4. The predicted octanol–water partition coefficient (Wildman–Crippen LogP) is 3.99. The smallest absolute Gasteiger partial charge is 0.362 e. The van der Waals surface area contributed by atoms with Crippen LogP contribution in [0, 0.1) is 18.3 Å². The van der Waals surface area contributed by atoms with E-state index in [1.165, 1.54) is 0 Å². The van der Waals surface area contributed by atoms with Gasteiger partial charge in [0, 0.05) is 0 Å². The maximum Gasteiger partial charge on any atom is 0.362 e. The van der Waals surface area contributed by atoms with E-state index >= 15 is 0 Å². The SMILES string of the molecule is CCOC(=O)c1nn(-c2ccccc2)cc1OCc1c(C#N)c(C)nn1-c1ccccc1. The van der Waals surface area contributed by atoms with E-state index in [2.05, 4.69) is 16.3 Å². The first-order valence-electron chi connectivity index (χ1n) is 10.1. The summed E-state index contributed by atoms with van der Waals surface area (Å²) in [6.07, 6.45) is 1.63. The van der Waals surface area contributed by atoms with Gasteiger partial charge in [0.1, 0.15) is 18.2 Å². The van der Waals surface area contributed by atoms with Crippen LogP contribution in [0.4, 0.5) is 0 Å². The summed E-state index contributed by atoms with van der Waals surface area (Å²) in [5, 5.41) is 18.5. The van der Waals surface area contributed by atoms with E-state index in [1.807, 2.05) is 60.7 Å². The number of aromatic nitrogens is 4. The molecule has 0 atom stereocenters. The topological polar surface area (TPSA) is 95.0 Å². The first-order chi connectivity index (χ1) is 15.6. The number of rotatable bonds is 7. The van der Waals surface area contributed by atoms with E-state index in [1.54, 1.807) is 29.4 Å². The lowest BCUT2D eigenvalue weighted by Crippen LogP contribution is -2.10. The highest BCUT2D eigenvalue weighted by Gasteiger charge is 2.23. The Hall–Kier alpha value is -4.38. The summed E-state index contributed by atoms with van der Waals surface area (Å²) >= 11 is 0. The van der Waals surface area contributed by atoms with Gasteiger partial charge in [0.25, 0.3) is 0 Å². The normalized spacial score (nSPS) is 10.5. The van der Waals surface area contributed by atoms with Crippen LogP contribution in [-0.2, 0) is 11.3 Å². The van der Waals surface area contributed by atoms with Crippen LogP contribution in [0.1, 0.15) is 34.4 Å². The number of carbonyl (C=O) groups is 1. The molecule has 0 aliphatic heterocycles. The molecule has 160 valence electrons. The molecule has 4 rings (SSSR count). The van der Waals surface area contributed by atoms with Gasteiger partial charge in [0.15, 0.2) is 5.75 Å². The highest BCUT2D eigenvalue weighted by atomic mass is 16.5. The third-order valence-electron chi connectivity index (χ3n) is 4.80. The van der Waals surface area contributed by atoms with Crippen LogP contribution in [0.3, 0.4) is 0 Å². The van der Waals surface area contributed by atoms with Crippen molar-refractivity contribution in [2.45, 2.75) is 20.5 Å². The first-order valence-corrected chi connectivity index (χ1v) is 10.1. The Morgan fingerprint density at radius 3 is 2.31 bits per heavy atom. The van der Waals surface area contributed by atoms with Crippen LogP contribution in [0.25, 0.3) is 11.4 Å². The second-order valence-corrected chi connectivity index (χ2v) is 6.90. The van der Waals surface area contributed by atoms with Gasteiger partial charge in [-0.2, -0.15) is 15.5 Å². The minimum Gasteiger partial charge on any atom is -0.483 e. The molecular weight excluding hydrogens is 406 g/mol. The number of nitriles is 1. The van der Waals surface area contributed by atoms with Crippen LogP contribution in [0.15, 0.2) is 66.9 Å². The highest BCUT2D eigenvalue weighted by molar-refractivity contribution is 5.90. The Morgan fingerprint density at radius 2 is 1.69 bits per heavy atom. The average Bonchev–Trinajstić information content (AvgIpc) is 3.39. The molecular formula is C24H21N5O3. The van der Waals surface area contributed by atoms with Crippen molar-refractivity contribution in [2.24, 2.45) is 0 Å². The quantitative estimate of drug-likeness (QED) is 0.414. The summed E-state index contributed by atoms with van der Waals surface area (Å²) in [5.41, 5.74) is 3.26. The van der Waals surface area contributed by atoms with Gasteiger partial charge in [-0.3, -0.25) is 0 Å². The standard InChI is InChI=1S/C24H21N5O3/c1-3-31-24(30)23-22(15-28(27-23)18-10-6-4-7-11-18)32-16-21-20(14-25)17(2)26-29(21)19-12-8-5-9-13-19/h4-13,15H,3,16H2,1-2H3. The zero-order valence-electron chi connectivity index (χ0n) is 17.7. The zero-order valence-corrected chi connectivity index (χ0v) is 17.7. The van der Waals surface area contributed by atoms with E-state index in [9.17, 15) is 10.1 Å². The molecule has 0 unspecified atom stereocenters. The number of aryl methyl sites for hydroxylation is 1. The van der Waals surface area contributed by atoms with Gasteiger partial charge in [-0.25, -0.2) is 14.2 Å². The van der Waals surface area contributed by atoms with E-state index < -0.39 is 5.97 Å². The molecule has 0 bridgehead atoms. The minimum atomic E-state index is -0.578. The maximum atomic E-state index is 12.5.